The standard InChI is InChI=1S/C20H29N3O2/c1-3-21-20(22-14-8-7-11-19(24)25-2)23-15-12-18(13-16-23)17-9-5-4-6-10-17/h4-6,9-10,12H,3,7-8,11,13-16H2,1-2H3,(H,21,22). The minimum atomic E-state index is -0.148. The van der Waals surface area contributed by atoms with Crippen LogP contribution in [0.4, 0.5) is 0 Å². The zero-order valence-corrected chi connectivity index (χ0v) is 15.3. The van der Waals surface area contributed by atoms with Gasteiger partial charge in [-0.15, -0.1) is 0 Å². The summed E-state index contributed by atoms with van der Waals surface area (Å²) in [6.07, 6.45) is 5.49. The van der Waals surface area contributed by atoms with E-state index in [1.807, 2.05) is 0 Å². The Morgan fingerprint density at radius 1 is 1.28 bits per heavy atom. The van der Waals surface area contributed by atoms with E-state index in [4.69, 9.17) is 4.99 Å². The van der Waals surface area contributed by atoms with Gasteiger partial charge in [-0.2, -0.15) is 0 Å². The Bertz CT molecular complexity index is 596. The first kappa shape index (κ1) is 19.0. The number of methoxy groups -OCH3 is 1. The van der Waals surface area contributed by atoms with Gasteiger partial charge in [0.1, 0.15) is 0 Å². The third-order valence-electron chi connectivity index (χ3n) is 4.27. The van der Waals surface area contributed by atoms with Gasteiger partial charge in [-0.05, 0) is 37.3 Å². The third kappa shape index (κ3) is 6.25. The highest BCUT2D eigenvalue weighted by Crippen LogP contribution is 2.21. The van der Waals surface area contributed by atoms with Crippen molar-refractivity contribution >= 4 is 17.5 Å². The highest BCUT2D eigenvalue weighted by molar-refractivity contribution is 5.81. The zero-order valence-electron chi connectivity index (χ0n) is 15.3. The summed E-state index contributed by atoms with van der Waals surface area (Å²) in [6.45, 7) is 5.51. The summed E-state index contributed by atoms with van der Waals surface area (Å²) >= 11 is 0. The van der Waals surface area contributed by atoms with E-state index in [1.165, 1.54) is 18.2 Å². The number of esters is 1. The van der Waals surface area contributed by atoms with E-state index in [2.05, 4.69) is 58.3 Å². The van der Waals surface area contributed by atoms with Gasteiger partial charge in [0, 0.05) is 32.6 Å². The van der Waals surface area contributed by atoms with E-state index >= 15 is 0 Å². The molecule has 0 aromatic heterocycles. The Morgan fingerprint density at radius 3 is 2.72 bits per heavy atom. The smallest absolute Gasteiger partial charge is 0.305 e. The average Bonchev–Trinajstić information content (AvgIpc) is 2.67. The maximum absolute atomic E-state index is 11.1. The summed E-state index contributed by atoms with van der Waals surface area (Å²) in [7, 11) is 1.43. The number of unbranched alkanes of at least 4 members (excludes halogenated alkanes) is 1. The topological polar surface area (TPSA) is 53.9 Å². The quantitative estimate of drug-likeness (QED) is 0.358. The Labute approximate surface area is 150 Å². The number of ether oxygens (including phenoxy) is 1. The second kappa shape index (κ2) is 10.5. The second-order valence-corrected chi connectivity index (χ2v) is 6.06. The summed E-state index contributed by atoms with van der Waals surface area (Å²) in [5, 5.41) is 3.37. The number of nitrogens with one attached hydrogen (secondary N) is 1. The lowest BCUT2D eigenvalue weighted by Gasteiger charge is -2.30. The molecule has 0 amide bonds. The van der Waals surface area contributed by atoms with Crippen LogP contribution < -0.4 is 5.32 Å². The maximum atomic E-state index is 11.1. The van der Waals surface area contributed by atoms with Gasteiger partial charge in [-0.1, -0.05) is 36.4 Å². The predicted molar refractivity (Wildman–Crippen MR) is 102 cm³/mol. The fraction of sp³-hybridized carbons (Fsp3) is 0.500. The summed E-state index contributed by atoms with van der Waals surface area (Å²) < 4.78 is 4.66. The van der Waals surface area contributed by atoms with Crippen LogP contribution in [0.15, 0.2) is 41.4 Å². The molecule has 1 aromatic rings. The van der Waals surface area contributed by atoms with Crippen LogP contribution in [0.25, 0.3) is 5.57 Å². The van der Waals surface area contributed by atoms with Crippen LogP contribution >= 0.6 is 0 Å². The molecule has 136 valence electrons. The molecule has 0 unspecified atom stereocenters. The van der Waals surface area contributed by atoms with Gasteiger partial charge in [0.15, 0.2) is 5.96 Å². The Balaban J connectivity index is 1.87. The number of hydrogen-bond donors (Lipinski definition) is 1. The molecule has 1 aliphatic rings. The van der Waals surface area contributed by atoms with E-state index < -0.39 is 0 Å². The van der Waals surface area contributed by atoms with Crippen molar-refractivity contribution in [2.24, 2.45) is 4.99 Å². The molecule has 0 radical (unpaired) electrons. The van der Waals surface area contributed by atoms with Gasteiger partial charge in [0.25, 0.3) is 0 Å². The number of hydrogen-bond acceptors (Lipinski definition) is 3. The minimum absolute atomic E-state index is 0.148. The number of guanidine groups is 1. The molecule has 0 saturated heterocycles. The van der Waals surface area contributed by atoms with Crippen LogP contribution in [0.5, 0.6) is 0 Å². The fourth-order valence-electron chi connectivity index (χ4n) is 2.87. The Kier molecular flexibility index (Phi) is 8.02. The average molecular weight is 343 g/mol. The summed E-state index contributed by atoms with van der Waals surface area (Å²) in [5.74, 6) is 0.814. The minimum Gasteiger partial charge on any atom is -0.469 e. The molecule has 0 spiro atoms. The molecular formula is C20H29N3O2. The zero-order chi connectivity index (χ0) is 17.9. The lowest BCUT2D eigenvalue weighted by atomic mass is 10.00. The summed E-state index contributed by atoms with van der Waals surface area (Å²) in [4.78, 5) is 18.1. The molecule has 2 rings (SSSR count). The van der Waals surface area contributed by atoms with E-state index in [-0.39, 0.29) is 5.97 Å². The molecule has 0 aliphatic carbocycles. The number of rotatable bonds is 7. The van der Waals surface area contributed by atoms with Crippen molar-refractivity contribution in [2.75, 3.05) is 33.3 Å². The van der Waals surface area contributed by atoms with Gasteiger partial charge >= 0.3 is 5.97 Å². The van der Waals surface area contributed by atoms with Gasteiger partial charge in [0.2, 0.25) is 0 Å². The lowest BCUT2D eigenvalue weighted by molar-refractivity contribution is -0.140. The molecule has 1 aromatic carbocycles. The van der Waals surface area contributed by atoms with Crippen LogP contribution in [-0.2, 0) is 9.53 Å². The molecule has 1 heterocycles. The van der Waals surface area contributed by atoms with Crippen LogP contribution in [0.1, 0.15) is 38.2 Å². The highest BCUT2D eigenvalue weighted by atomic mass is 16.5. The molecule has 5 nitrogen and oxygen atoms in total. The van der Waals surface area contributed by atoms with Crippen LogP contribution in [0.3, 0.4) is 0 Å². The predicted octanol–water partition coefficient (Wildman–Crippen LogP) is 3.08. The highest BCUT2D eigenvalue weighted by Gasteiger charge is 2.15. The first-order chi connectivity index (χ1) is 12.2. The monoisotopic (exact) mass is 343 g/mol. The van der Waals surface area contributed by atoms with Crippen molar-refractivity contribution in [3.63, 3.8) is 0 Å². The molecule has 1 aliphatic heterocycles. The number of aliphatic imine (C=N–C) groups is 1. The van der Waals surface area contributed by atoms with Crippen LogP contribution in [0, 0.1) is 0 Å². The summed E-state index contributed by atoms with van der Waals surface area (Å²) in [5.41, 5.74) is 2.72. The first-order valence-corrected chi connectivity index (χ1v) is 9.09. The van der Waals surface area contributed by atoms with Crippen LogP contribution in [0.2, 0.25) is 0 Å². The van der Waals surface area contributed by atoms with Crippen LogP contribution in [-0.4, -0.2) is 50.1 Å². The van der Waals surface area contributed by atoms with E-state index in [0.717, 1.165) is 51.4 Å². The SMILES string of the molecule is CCNC(=NCCCCC(=O)OC)N1CC=C(c2ccccc2)CC1. The number of carbonyl (C=O) groups excluding carboxylic acids is 1. The van der Waals surface area contributed by atoms with E-state index in [9.17, 15) is 4.79 Å². The molecule has 0 bridgehead atoms. The van der Waals surface area contributed by atoms with Crippen molar-refractivity contribution < 1.29 is 9.53 Å². The lowest BCUT2D eigenvalue weighted by Crippen LogP contribution is -2.43. The van der Waals surface area contributed by atoms with Crippen molar-refractivity contribution in [3.8, 4) is 0 Å². The molecule has 25 heavy (non-hydrogen) atoms. The number of nitrogens with zero attached hydrogens (tertiary/aromatic N) is 2. The fourth-order valence-corrected chi connectivity index (χ4v) is 2.87. The molecular weight excluding hydrogens is 314 g/mol. The maximum Gasteiger partial charge on any atom is 0.305 e. The third-order valence-corrected chi connectivity index (χ3v) is 4.27. The van der Waals surface area contributed by atoms with Crippen molar-refractivity contribution in [3.05, 3.63) is 42.0 Å². The summed E-state index contributed by atoms with van der Waals surface area (Å²) in [6, 6.07) is 10.6. The van der Waals surface area contributed by atoms with Crippen molar-refractivity contribution in [1.82, 2.24) is 10.2 Å². The van der Waals surface area contributed by atoms with Gasteiger partial charge in [-0.25, -0.2) is 0 Å². The van der Waals surface area contributed by atoms with Gasteiger partial charge < -0.3 is 15.0 Å². The molecule has 0 fully saturated rings. The Hall–Kier alpha value is -2.30. The second-order valence-electron chi connectivity index (χ2n) is 6.06. The van der Waals surface area contributed by atoms with Gasteiger partial charge in [0.05, 0.1) is 7.11 Å². The van der Waals surface area contributed by atoms with Gasteiger partial charge in [-0.3, -0.25) is 9.79 Å². The molecule has 0 saturated carbocycles. The first-order valence-electron chi connectivity index (χ1n) is 9.09. The number of benzene rings is 1. The Morgan fingerprint density at radius 2 is 2.08 bits per heavy atom. The van der Waals surface area contributed by atoms with Crippen molar-refractivity contribution in [1.29, 1.82) is 0 Å². The number of carbonyl (C=O) groups is 1. The molecule has 0 atom stereocenters. The van der Waals surface area contributed by atoms with E-state index in [0.29, 0.717) is 6.42 Å². The molecule has 1 N–H and O–H groups in total. The van der Waals surface area contributed by atoms with E-state index in [1.54, 1.807) is 0 Å². The normalized spacial score (nSPS) is 14.9. The largest absolute Gasteiger partial charge is 0.469 e. The van der Waals surface area contributed by atoms with Crippen molar-refractivity contribution in [2.45, 2.75) is 32.6 Å². The molecule has 5 heteroatoms.